The molecule has 1 atom stereocenters. The monoisotopic (exact) mass is 280 g/mol. The predicted molar refractivity (Wildman–Crippen MR) is 59.3 cm³/mol. The third kappa shape index (κ3) is 3.71. The Kier molecular flexibility index (Phi) is 4.47. The van der Waals surface area contributed by atoms with Crippen LogP contribution in [-0.2, 0) is 10.8 Å². The van der Waals surface area contributed by atoms with E-state index in [2.05, 4.69) is 26.2 Å². The van der Waals surface area contributed by atoms with Crippen molar-refractivity contribution < 1.29 is 8.60 Å². The van der Waals surface area contributed by atoms with Crippen molar-refractivity contribution in [2.24, 2.45) is 0 Å². The summed E-state index contributed by atoms with van der Waals surface area (Å²) in [7, 11) is -0.872. The van der Waals surface area contributed by atoms with Crippen LogP contribution in [0.2, 0.25) is 0 Å². The maximum Gasteiger partial charge on any atom is 0.166 e. The van der Waals surface area contributed by atoms with E-state index in [0.29, 0.717) is 16.8 Å². The molecule has 0 fully saturated rings. The van der Waals surface area contributed by atoms with Crippen molar-refractivity contribution in [1.29, 1.82) is 0 Å². The van der Waals surface area contributed by atoms with Crippen molar-refractivity contribution in [3.63, 3.8) is 0 Å². The minimum atomic E-state index is -0.872. The highest BCUT2D eigenvalue weighted by atomic mass is 79.9. The molecular weight excluding hydrogens is 271 g/mol. The van der Waals surface area contributed by atoms with Crippen molar-refractivity contribution in [1.82, 2.24) is 4.98 Å². The summed E-state index contributed by atoms with van der Waals surface area (Å²) in [6.45, 7) is 0.453. The van der Waals surface area contributed by atoms with Gasteiger partial charge in [-0.15, -0.1) is 0 Å². The number of pyridine rings is 1. The lowest BCUT2D eigenvalue weighted by atomic mass is 10.4. The highest BCUT2D eigenvalue weighted by molar-refractivity contribution is 9.10. The van der Waals surface area contributed by atoms with E-state index < -0.39 is 16.6 Å². The van der Waals surface area contributed by atoms with Gasteiger partial charge in [0.25, 0.3) is 0 Å². The molecule has 3 nitrogen and oxygen atoms in total. The van der Waals surface area contributed by atoms with Crippen LogP contribution in [0.25, 0.3) is 0 Å². The van der Waals surface area contributed by atoms with Gasteiger partial charge in [-0.2, -0.15) is 0 Å². The average Bonchev–Trinajstić information content (AvgIpc) is 2.08. The Bertz CT molecular complexity index is 348. The van der Waals surface area contributed by atoms with Crippen LogP contribution in [0.3, 0.4) is 0 Å². The molecule has 0 aliphatic rings. The number of rotatable bonds is 4. The van der Waals surface area contributed by atoms with Crippen molar-refractivity contribution in [2.45, 2.75) is 0 Å². The molecule has 0 saturated carbocycles. The van der Waals surface area contributed by atoms with E-state index in [9.17, 15) is 8.60 Å². The first-order chi connectivity index (χ1) is 6.59. The van der Waals surface area contributed by atoms with Crippen LogP contribution in [0.5, 0.6) is 0 Å². The minimum Gasteiger partial charge on any atom is -0.367 e. The van der Waals surface area contributed by atoms with E-state index in [1.165, 1.54) is 12.3 Å². The first-order valence-corrected chi connectivity index (χ1v) is 6.46. The van der Waals surface area contributed by atoms with E-state index in [0.717, 1.165) is 0 Å². The van der Waals surface area contributed by atoms with Gasteiger partial charge in [-0.3, -0.25) is 4.21 Å². The van der Waals surface area contributed by atoms with Crippen LogP contribution in [0.4, 0.5) is 10.2 Å². The summed E-state index contributed by atoms with van der Waals surface area (Å²) < 4.78 is 24.5. The molecule has 1 unspecified atom stereocenters. The number of hydrogen-bond donors (Lipinski definition) is 1. The van der Waals surface area contributed by atoms with Gasteiger partial charge in [-0.25, -0.2) is 9.37 Å². The third-order valence-electron chi connectivity index (χ3n) is 1.49. The fourth-order valence-electron chi connectivity index (χ4n) is 0.858. The van der Waals surface area contributed by atoms with Crippen molar-refractivity contribution in [2.75, 3.05) is 23.9 Å². The molecule has 1 aromatic heterocycles. The Morgan fingerprint density at radius 3 is 3.00 bits per heavy atom. The largest absolute Gasteiger partial charge is 0.367 e. The van der Waals surface area contributed by atoms with Crippen LogP contribution in [0.1, 0.15) is 0 Å². The maximum atomic E-state index is 13.1. The lowest BCUT2D eigenvalue weighted by Gasteiger charge is -2.04. The standard InChI is InChI=1S/C8H10BrFN2OS/c1-14(13)3-2-11-8-7(10)4-6(9)5-12-8/h4-5H,2-3H2,1H3,(H,11,12). The highest BCUT2D eigenvalue weighted by Gasteiger charge is 2.03. The molecule has 1 rings (SSSR count). The minimum absolute atomic E-state index is 0.193. The molecule has 0 aromatic carbocycles. The quantitative estimate of drug-likeness (QED) is 0.914. The lowest BCUT2D eigenvalue weighted by molar-refractivity contribution is 0.623. The second-order valence-corrected chi connectivity index (χ2v) is 5.16. The Balaban J connectivity index is 2.55. The Labute approximate surface area is 92.7 Å². The van der Waals surface area contributed by atoms with Gasteiger partial charge in [-0.1, -0.05) is 0 Å². The SMILES string of the molecule is CS(=O)CCNc1ncc(Br)cc1F. The predicted octanol–water partition coefficient (Wildman–Crippen LogP) is 1.77. The molecule has 0 amide bonds. The Hall–Kier alpha value is -0.490. The lowest BCUT2D eigenvalue weighted by Crippen LogP contribution is -2.11. The molecule has 6 heteroatoms. The maximum absolute atomic E-state index is 13.1. The zero-order valence-electron chi connectivity index (χ0n) is 7.59. The summed E-state index contributed by atoms with van der Waals surface area (Å²) >= 11 is 3.11. The molecular formula is C8H10BrFN2OS. The van der Waals surface area contributed by atoms with Crippen LogP contribution in [0, 0.1) is 5.82 Å². The molecule has 0 spiro atoms. The summed E-state index contributed by atoms with van der Waals surface area (Å²) in [6.07, 6.45) is 3.11. The Morgan fingerprint density at radius 1 is 1.71 bits per heavy atom. The zero-order valence-corrected chi connectivity index (χ0v) is 9.99. The normalized spacial score (nSPS) is 12.5. The Morgan fingerprint density at radius 2 is 2.43 bits per heavy atom. The van der Waals surface area contributed by atoms with Gasteiger partial charge in [0, 0.05) is 40.0 Å². The van der Waals surface area contributed by atoms with Crippen LogP contribution < -0.4 is 5.32 Å². The summed E-state index contributed by atoms with van der Waals surface area (Å²) in [6, 6.07) is 1.33. The van der Waals surface area contributed by atoms with Gasteiger partial charge in [-0.05, 0) is 22.0 Å². The number of nitrogens with zero attached hydrogens (tertiary/aromatic N) is 1. The molecule has 0 saturated heterocycles. The van der Waals surface area contributed by atoms with Gasteiger partial charge < -0.3 is 5.32 Å². The molecule has 0 radical (unpaired) electrons. The number of anilines is 1. The van der Waals surface area contributed by atoms with E-state index >= 15 is 0 Å². The van der Waals surface area contributed by atoms with Crippen LogP contribution in [-0.4, -0.2) is 27.7 Å². The van der Waals surface area contributed by atoms with E-state index in [4.69, 9.17) is 0 Å². The summed E-state index contributed by atoms with van der Waals surface area (Å²) in [5.41, 5.74) is 0. The van der Waals surface area contributed by atoms with E-state index in [1.54, 1.807) is 6.26 Å². The topological polar surface area (TPSA) is 42.0 Å². The van der Waals surface area contributed by atoms with Crippen LogP contribution >= 0.6 is 15.9 Å². The summed E-state index contributed by atoms with van der Waals surface area (Å²) in [5.74, 6) is 0.261. The third-order valence-corrected chi connectivity index (χ3v) is 2.70. The fourth-order valence-corrected chi connectivity index (χ4v) is 1.55. The average molecular weight is 281 g/mol. The van der Waals surface area contributed by atoms with Gasteiger partial charge in [0.15, 0.2) is 11.6 Å². The van der Waals surface area contributed by atoms with E-state index in [1.807, 2.05) is 0 Å². The number of hydrogen-bond acceptors (Lipinski definition) is 3. The zero-order chi connectivity index (χ0) is 10.6. The molecule has 1 N–H and O–H groups in total. The smallest absolute Gasteiger partial charge is 0.166 e. The van der Waals surface area contributed by atoms with Gasteiger partial charge in [0.05, 0.1) is 0 Å². The first kappa shape index (κ1) is 11.6. The highest BCUT2D eigenvalue weighted by Crippen LogP contribution is 2.15. The molecule has 1 aromatic rings. The van der Waals surface area contributed by atoms with Crippen molar-refractivity contribution in [3.05, 3.63) is 22.6 Å². The summed E-state index contributed by atoms with van der Waals surface area (Å²) in [4.78, 5) is 3.84. The fraction of sp³-hybridized carbons (Fsp3) is 0.375. The van der Waals surface area contributed by atoms with Gasteiger partial charge >= 0.3 is 0 Å². The molecule has 0 aliphatic carbocycles. The first-order valence-electron chi connectivity index (χ1n) is 3.94. The molecule has 0 bridgehead atoms. The summed E-state index contributed by atoms with van der Waals surface area (Å²) in [5, 5.41) is 2.77. The van der Waals surface area contributed by atoms with Crippen molar-refractivity contribution >= 4 is 32.5 Å². The van der Waals surface area contributed by atoms with Crippen LogP contribution in [0.15, 0.2) is 16.7 Å². The number of halogens is 2. The second kappa shape index (κ2) is 5.41. The van der Waals surface area contributed by atoms with Crippen molar-refractivity contribution in [3.8, 4) is 0 Å². The van der Waals surface area contributed by atoms with E-state index in [-0.39, 0.29) is 5.82 Å². The second-order valence-electron chi connectivity index (χ2n) is 2.69. The number of aromatic nitrogens is 1. The van der Waals surface area contributed by atoms with Gasteiger partial charge in [0.1, 0.15) is 0 Å². The molecule has 78 valence electrons. The molecule has 1 heterocycles. The number of nitrogens with one attached hydrogen (secondary N) is 1. The molecule has 14 heavy (non-hydrogen) atoms. The van der Waals surface area contributed by atoms with Gasteiger partial charge in [0.2, 0.25) is 0 Å². The molecule has 0 aliphatic heterocycles.